The molecule has 0 aliphatic carbocycles. The quantitative estimate of drug-likeness (QED) is 0.917. The molecule has 1 amide bonds. The van der Waals surface area contributed by atoms with Crippen LogP contribution in [0.1, 0.15) is 15.9 Å². The first kappa shape index (κ1) is 15.1. The molecule has 0 spiro atoms. The smallest absolute Gasteiger partial charge is 0.256 e. The largest absolute Gasteiger partial charge is 0.380 e. The molecule has 4 heteroatoms. The highest BCUT2D eigenvalue weighted by atomic mass is 16.5. The number of rotatable bonds is 5. The van der Waals surface area contributed by atoms with Crippen molar-refractivity contribution < 1.29 is 9.53 Å². The third-order valence-electron chi connectivity index (χ3n) is 3.20. The summed E-state index contributed by atoms with van der Waals surface area (Å²) in [7, 11) is 5.52. The molecular weight excluding hydrogens is 264 g/mol. The van der Waals surface area contributed by atoms with Gasteiger partial charge < -0.3 is 15.0 Å². The van der Waals surface area contributed by atoms with Crippen molar-refractivity contribution in [2.45, 2.75) is 6.61 Å². The molecule has 0 radical (unpaired) electrons. The van der Waals surface area contributed by atoms with Crippen LogP contribution in [0.5, 0.6) is 0 Å². The fourth-order valence-electron chi connectivity index (χ4n) is 2.18. The SMILES string of the molecule is COCc1ccccc1C(=O)Nc1ccccc1N(C)C. The Bertz CT molecular complexity index is 624. The summed E-state index contributed by atoms with van der Waals surface area (Å²) in [6.07, 6.45) is 0. The van der Waals surface area contributed by atoms with Gasteiger partial charge in [-0.3, -0.25) is 4.79 Å². The van der Waals surface area contributed by atoms with Gasteiger partial charge in [0.15, 0.2) is 0 Å². The topological polar surface area (TPSA) is 41.6 Å². The highest BCUT2D eigenvalue weighted by molar-refractivity contribution is 6.06. The van der Waals surface area contributed by atoms with Crippen LogP contribution in [0.15, 0.2) is 48.5 Å². The fraction of sp³-hybridized carbons (Fsp3) is 0.235. The number of anilines is 2. The molecule has 0 saturated carbocycles. The summed E-state index contributed by atoms with van der Waals surface area (Å²) < 4.78 is 5.14. The molecule has 0 aromatic heterocycles. The zero-order chi connectivity index (χ0) is 15.2. The van der Waals surface area contributed by atoms with Gasteiger partial charge in [-0.2, -0.15) is 0 Å². The first-order chi connectivity index (χ1) is 10.1. The second-order valence-electron chi connectivity index (χ2n) is 4.96. The van der Waals surface area contributed by atoms with Gasteiger partial charge in [-0.25, -0.2) is 0 Å². The average Bonchev–Trinajstić information content (AvgIpc) is 2.48. The van der Waals surface area contributed by atoms with Gasteiger partial charge in [0.25, 0.3) is 5.91 Å². The van der Waals surface area contributed by atoms with Crippen molar-refractivity contribution in [2.24, 2.45) is 0 Å². The van der Waals surface area contributed by atoms with Crippen LogP contribution in [0.3, 0.4) is 0 Å². The third-order valence-corrected chi connectivity index (χ3v) is 3.20. The Morgan fingerprint density at radius 1 is 1.10 bits per heavy atom. The van der Waals surface area contributed by atoms with Gasteiger partial charge in [0, 0.05) is 26.8 Å². The van der Waals surface area contributed by atoms with Crippen LogP contribution >= 0.6 is 0 Å². The first-order valence-corrected chi connectivity index (χ1v) is 6.78. The molecule has 1 N–H and O–H groups in total. The van der Waals surface area contributed by atoms with E-state index in [1.165, 1.54) is 0 Å². The minimum absolute atomic E-state index is 0.128. The van der Waals surface area contributed by atoms with Gasteiger partial charge in [0.2, 0.25) is 0 Å². The van der Waals surface area contributed by atoms with Crippen LogP contribution in [-0.2, 0) is 11.3 Å². The summed E-state index contributed by atoms with van der Waals surface area (Å²) in [4.78, 5) is 14.5. The zero-order valence-electron chi connectivity index (χ0n) is 12.6. The van der Waals surface area contributed by atoms with Crippen molar-refractivity contribution in [1.29, 1.82) is 0 Å². The van der Waals surface area contributed by atoms with E-state index in [9.17, 15) is 4.79 Å². The number of amides is 1. The lowest BCUT2D eigenvalue weighted by Crippen LogP contribution is -2.18. The number of benzene rings is 2. The molecule has 21 heavy (non-hydrogen) atoms. The number of ether oxygens (including phenoxy) is 1. The molecular formula is C17H20N2O2. The van der Waals surface area contributed by atoms with E-state index in [1.807, 2.05) is 67.5 Å². The molecule has 0 bridgehead atoms. The van der Waals surface area contributed by atoms with E-state index in [0.29, 0.717) is 12.2 Å². The lowest BCUT2D eigenvalue weighted by molar-refractivity contribution is 0.102. The van der Waals surface area contributed by atoms with E-state index in [0.717, 1.165) is 16.9 Å². The maximum absolute atomic E-state index is 12.5. The Morgan fingerprint density at radius 2 is 1.76 bits per heavy atom. The van der Waals surface area contributed by atoms with E-state index in [-0.39, 0.29) is 5.91 Å². The molecule has 0 aliphatic rings. The maximum Gasteiger partial charge on any atom is 0.256 e. The standard InChI is InChI=1S/C17H20N2O2/c1-19(2)16-11-7-6-10-15(16)18-17(20)14-9-5-4-8-13(14)12-21-3/h4-11H,12H2,1-3H3,(H,18,20). The van der Waals surface area contributed by atoms with Crippen LogP contribution in [0.2, 0.25) is 0 Å². The molecule has 4 nitrogen and oxygen atoms in total. The number of para-hydroxylation sites is 2. The van der Waals surface area contributed by atoms with Crippen molar-refractivity contribution in [2.75, 3.05) is 31.4 Å². The first-order valence-electron chi connectivity index (χ1n) is 6.78. The zero-order valence-corrected chi connectivity index (χ0v) is 12.6. The Balaban J connectivity index is 2.27. The monoisotopic (exact) mass is 284 g/mol. The van der Waals surface area contributed by atoms with E-state index >= 15 is 0 Å². The molecule has 0 aliphatic heterocycles. The number of hydrogen-bond acceptors (Lipinski definition) is 3. The van der Waals surface area contributed by atoms with Crippen LogP contribution < -0.4 is 10.2 Å². The molecule has 110 valence electrons. The number of nitrogens with one attached hydrogen (secondary N) is 1. The van der Waals surface area contributed by atoms with E-state index in [1.54, 1.807) is 7.11 Å². The minimum Gasteiger partial charge on any atom is -0.380 e. The van der Waals surface area contributed by atoms with Gasteiger partial charge in [-0.15, -0.1) is 0 Å². The molecule has 2 aromatic rings. The molecule has 0 saturated heterocycles. The summed E-state index contributed by atoms with van der Waals surface area (Å²) in [5.74, 6) is -0.128. The van der Waals surface area contributed by atoms with Gasteiger partial charge in [0.05, 0.1) is 18.0 Å². The van der Waals surface area contributed by atoms with Gasteiger partial charge in [0.1, 0.15) is 0 Å². The van der Waals surface area contributed by atoms with E-state index in [4.69, 9.17) is 4.74 Å². The van der Waals surface area contributed by atoms with Crippen molar-refractivity contribution in [1.82, 2.24) is 0 Å². The predicted octanol–water partition coefficient (Wildman–Crippen LogP) is 3.15. The average molecular weight is 284 g/mol. The number of carbonyl (C=O) groups excluding carboxylic acids is 1. The summed E-state index contributed by atoms with van der Waals surface area (Å²) in [5, 5.41) is 2.97. The second kappa shape index (κ2) is 6.90. The normalized spacial score (nSPS) is 10.2. The number of carbonyl (C=O) groups is 1. The number of methoxy groups -OCH3 is 1. The van der Waals surface area contributed by atoms with Gasteiger partial charge in [-0.05, 0) is 23.8 Å². The van der Waals surface area contributed by atoms with Crippen molar-refractivity contribution in [3.63, 3.8) is 0 Å². The second-order valence-corrected chi connectivity index (χ2v) is 4.96. The highest BCUT2D eigenvalue weighted by Crippen LogP contribution is 2.24. The van der Waals surface area contributed by atoms with Crippen molar-refractivity contribution in [3.05, 3.63) is 59.7 Å². The van der Waals surface area contributed by atoms with Crippen molar-refractivity contribution >= 4 is 17.3 Å². The van der Waals surface area contributed by atoms with Crippen LogP contribution in [0, 0.1) is 0 Å². The lowest BCUT2D eigenvalue weighted by Gasteiger charge is -2.18. The summed E-state index contributed by atoms with van der Waals surface area (Å²) in [6.45, 7) is 0.416. The molecule has 0 fully saturated rings. The third kappa shape index (κ3) is 3.61. The Kier molecular flexibility index (Phi) is 4.95. The number of nitrogens with zero attached hydrogens (tertiary/aromatic N) is 1. The van der Waals surface area contributed by atoms with Gasteiger partial charge in [-0.1, -0.05) is 30.3 Å². The lowest BCUT2D eigenvalue weighted by atomic mass is 10.1. The Labute approximate surface area is 125 Å². The maximum atomic E-state index is 12.5. The highest BCUT2D eigenvalue weighted by Gasteiger charge is 2.13. The molecule has 0 heterocycles. The Hall–Kier alpha value is -2.33. The summed E-state index contributed by atoms with van der Waals surface area (Å²) >= 11 is 0. The fourth-order valence-corrected chi connectivity index (χ4v) is 2.18. The van der Waals surface area contributed by atoms with E-state index < -0.39 is 0 Å². The van der Waals surface area contributed by atoms with Gasteiger partial charge >= 0.3 is 0 Å². The van der Waals surface area contributed by atoms with Crippen LogP contribution in [-0.4, -0.2) is 27.1 Å². The molecule has 2 aromatic carbocycles. The molecule has 0 unspecified atom stereocenters. The van der Waals surface area contributed by atoms with Crippen LogP contribution in [0.25, 0.3) is 0 Å². The minimum atomic E-state index is -0.128. The van der Waals surface area contributed by atoms with E-state index in [2.05, 4.69) is 5.32 Å². The molecule has 0 atom stereocenters. The van der Waals surface area contributed by atoms with Crippen LogP contribution in [0.4, 0.5) is 11.4 Å². The van der Waals surface area contributed by atoms with Crippen molar-refractivity contribution in [3.8, 4) is 0 Å². The Morgan fingerprint density at radius 3 is 2.48 bits per heavy atom. The summed E-state index contributed by atoms with van der Waals surface area (Å²) in [6, 6.07) is 15.2. The number of hydrogen-bond donors (Lipinski definition) is 1. The predicted molar refractivity (Wildman–Crippen MR) is 85.9 cm³/mol. The summed E-state index contributed by atoms with van der Waals surface area (Å²) in [5.41, 5.74) is 3.27. The molecule has 2 rings (SSSR count).